The van der Waals surface area contributed by atoms with E-state index in [2.05, 4.69) is 5.32 Å². The molecule has 0 aliphatic heterocycles. The Morgan fingerprint density at radius 2 is 1.86 bits per heavy atom. The summed E-state index contributed by atoms with van der Waals surface area (Å²) in [5.74, 6) is -0.351. The quantitative estimate of drug-likeness (QED) is 0.740. The molecule has 0 radical (unpaired) electrons. The van der Waals surface area contributed by atoms with Gasteiger partial charge in [0.05, 0.1) is 11.4 Å². The fourth-order valence-electron chi connectivity index (χ4n) is 1.63. The normalized spacial score (nSPS) is 11.7. The van der Waals surface area contributed by atoms with Crippen LogP contribution in [0.1, 0.15) is 19.4 Å². The van der Waals surface area contributed by atoms with Gasteiger partial charge >= 0.3 is 0 Å². The van der Waals surface area contributed by atoms with Crippen LogP contribution >= 0.6 is 12.2 Å². The van der Waals surface area contributed by atoms with Gasteiger partial charge in [0.25, 0.3) is 0 Å². The maximum atomic E-state index is 12.3. The molecule has 8 heteroatoms. The lowest BCUT2D eigenvalue weighted by Crippen LogP contribution is -2.40. The monoisotopic (exact) mass is 329 g/mol. The predicted molar refractivity (Wildman–Crippen MR) is 85.4 cm³/mol. The lowest BCUT2D eigenvalue weighted by atomic mass is 10.2. The first-order valence-corrected chi connectivity index (χ1v) is 8.15. The molecule has 0 saturated carbocycles. The highest BCUT2D eigenvalue weighted by Crippen LogP contribution is 2.15. The molecule has 0 fully saturated rings. The zero-order valence-corrected chi connectivity index (χ0v) is 13.8. The van der Waals surface area contributed by atoms with Crippen molar-refractivity contribution in [3.05, 3.63) is 29.8 Å². The number of nitrogens with one attached hydrogen (secondary N) is 1. The van der Waals surface area contributed by atoms with Crippen molar-refractivity contribution in [3.8, 4) is 0 Å². The van der Waals surface area contributed by atoms with Crippen molar-refractivity contribution in [3.63, 3.8) is 0 Å². The maximum absolute atomic E-state index is 12.3. The fourth-order valence-corrected chi connectivity index (χ4v) is 2.89. The van der Waals surface area contributed by atoms with E-state index < -0.39 is 10.0 Å². The highest BCUT2D eigenvalue weighted by atomic mass is 32.2. The second-order valence-electron chi connectivity index (χ2n) is 4.87. The highest BCUT2D eigenvalue weighted by Gasteiger charge is 2.23. The van der Waals surface area contributed by atoms with Crippen molar-refractivity contribution in [1.29, 1.82) is 0 Å². The summed E-state index contributed by atoms with van der Waals surface area (Å²) in [6.07, 6.45) is 0. The summed E-state index contributed by atoms with van der Waals surface area (Å²) in [7, 11) is -2.37. The van der Waals surface area contributed by atoms with Gasteiger partial charge in [-0.1, -0.05) is 24.4 Å². The summed E-state index contributed by atoms with van der Waals surface area (Å²) in [6, 6.07) is 5.87. The Morgan fingerprint density at radius 1 is 1.33 bits per heavy atom. The molecule has 0 aliphatic carbocycles. The minimum absolute atomic E-state index is 0.0431. The van der Waals surface area contributed by atoms with E-state index in [1.165, 1.54) is 31.3 Å². The molecule has 1 aromatic rings. The average molecular weight is 329 g/mol. The van der Waals surface area contributed by atoms with Crippen LogP contribution in [0, 0.1) is 0 Å². The zero-order valence-electron chi connectivity index (χ0n) is 12.2. The second kappa shape index (κ2) is 6.97. The lowest BCUT2D eigenvalue weighted by molar-refractivity contribution is -0.121. The van der Waals surface area contributed by atoms with Crippen molar-refractivity contribution < 1.29 is 13.2 Å². The Labute approximate surface area is 130 Å². The molecule has 0 atom stereocenters. The van der Waals surface area contributed by atoms with Crippen LogP contribution in [0.5, 0.6) is 0 Å². The number of hydrogen-bond acceptors (Lipinski definition) is 4. The molecule has 0 heterocycles. The Hall–Kier alpha value is -1.51. The van der Waals surface area contributed by atoms with Crippen LogP contribution < -0.4 is 11.1 Å². The molecule has 1 amide bonds. The Morgan fingerprint density at radius 3 is 2.29 bits per heavy atom. The summed E-state index contributed by atoms with van der Waals surface area (Å²) in [5, 5.41) is 2.64. The average Bonchev–Trinajstić information content (AvgIpc) is 2.37. The molecule has 0 unspecified atom stereocenters. The topological polar surface area (TPSA) is 92.5 Å². The number of amides is 1. The number of sulfonamides is 1. The fraction of sp³-hybridized carbons (Fsp3) is 0.385. The molecule has 21 heavy (non-hydrogen) atoms. The third-order valence-corrected chi connectivity index (χ3v) is 4.72. The predicted octanol–water partition coefficient (Wildman–Crippen LogP) is 0.466. The van der Waals surface area contributed by atoms with E-state index in [0.29, 0.717) is 5.56 Å². The van der Waals surface area contributed by atoms with Crippen LogP contribution in [0.4, 0.5) is 0 Å². The van der Waals surface area contributed by atoms with Crippen molar-refractivity contribution >= 4 is 33.1 Å². The van der Waals surface area contributed by atoms with E-state index in [1.807, 2.05) is 0 Å². The number of nitrogens with zero attached hydrogens (tertiary/aromatic N) is 1. The van der Waals surface area contributed by atoms with Crippen molar-refractivity contribution in [1.82, 2.24) is 9.62 Å². The molecule has 116 valence electrons. The maximum Gasteiger partial charge on any atom is 0.243 e. The standard InChI is InChI=1S/C13H19N3O3S2/c1-9(2)15-12(17)8-16(3)21(18,19)11-6-4-10(5-7-11)13(14)20/h4-7,9H,8H2,1-3H3,(H2,14,20)(H,15,17). The van der Waals surface area contributed by atoms with Crippen molar-refractivity contribution in [2.45, 2.75) is 24.8 Å². The zero-order chi connectivity index (χ0) is 16.2. The van der Waals surface area contributed by atoms with Gasteiger partial charge < -0.3 is 11.1 Å². The summed E-state index contributed by atoms with van der Waals surface area (Å²) in [6.45, 7) is 3.37. The van der Waals surface area contributed by atoms with Gasteiger partial charge in [0.2, 0.25) is 15.9 Å². The molecular formula is C13H19N3O3S2. The molecule has 1 rings (SSSR count). The first kappa shape index (κ1) is 17.5. The van der Waals surface area contributed by atoms with Gasteiger partial charge in [0, 0.05) is 18.7 Å². The van der Waals surface area contributed by atoms with E-state index in [9.17, 15) is 13.2 Å². The Bertz CT molecular complexity index is 625. The van der Waals surface area contributed by atoms with E-state index in [4.69, 9.17) is 18.0 Å². The molecule has 1 aromatic carbocycles. The van der Waals surface area contributed by atoms with Crippen LogP contribution in [0.15, 0.2) is 29.2 Å². The Balaban J connectivity index is 2.89. The molecule has 0 aliphatic rings. The minimum Gasteiger partial charge on any atom is -0.389 e. The number of rotatable bonds is 6. The molecule has 0 spiro atoms. The van der Waals surface area contributed by atoms with E-state index in [0.717, 1.165) is 4.31 Å². The number of hydrogen-bond donors (Lipinski definition) is 2. The molecule has 3 N–H and O–H groups in total. The van der Waals surface area contributed by atoms with Crippen LogP contribution in [0.2, 0.25) is 0 Å². The van der Waals surface area contributed by atoms with Gasteiger partial charge in [-0.3, -0.25) is 4.79 Å². The van der Waals surface area contributed by atoms with Gasteiger partial charge in [0.15, 0.2) is 0 Å². The number of thiocarbonyl (C=S) groups is 1. The first-order chi connectivity index (χ1) is 9.64. The second-order valence-corrected chi connectivity index (χ2v) is 7.36. The SMILES string of the molecule is CC(C)NC(=O)CN(C)S(=O)(=O)c1ccc(C(N)=S)cc1. The third-order valence-electron chi connectivity index (χ3n) is 2.66. The van der Waals surface area contributed by atoms with Gasteiger partial charge in [-0.25, -0.2) is 8.42 Å². The van der Waals surface area contributed by atoms with Crippen molar-refractivity contribution in [2.24, 2.45) is 5.73 Å². The van der Waals surface area contributed by atoms with Crippen LogP contribution in [-0.4, -0.2) is 43.3 Å². The highest BCUT2D eigenvalue weighted by molar-refractivity contribution is 7.89. The van der Waals surface area contributed by atoms with E-state index in [-0.39, 0.29) is 28.4 Å². The number of nitrogens with two attached hydrogens (primary N) is 1. The largest absolute Gasteiger partial charge is 0.389 e. The number of carbonyl (C=O) groups excluding carboxylic acids is 1. The summed E-state index contributed by atoms with van der Waals surface area (Å²) < 4.78 is 25.6. The molecule has 0 saturated heterocycles. The number of benzene rings is 1. The summed E-state index contributed by atoms with van der Waals surface area (Å²) in [4.78, 5) is 11.9. The molecule has 0 aromatic heterocycles. The van der Waals surface area contributed by atoms with E-state index in [1.54, 1.807) is 13.8 Å². The number of likely N-dealkylation sites (N-methyl/N-ethyl adjacent to an activating group) is 1. The third kappa shape index (κ3) is 4.76. The minimum atomic E-state index is -3.72. The molecule has 0 bridgehead atoms. The smallest absolute Gasteiger partial charge is 0.243 e. The van der Waals surface area contributed by atoms with Crippen LogP contribution in [-0.2, 0) is 14.8 Å². The summed E-state index contributed by atoms with van der Waals surface area (Å²) in [5.41, 5.74) is 6.05. The van der Waals surface area contributed by atoms with Gasteiger partial charge in [-0.05, 0) is 26.0 Å². The van der Waals surface area contributed by atoms with Gasteiger partial charge in [0.1, 0.15) is 4.99 Å². The lowest BCUT2D eigenvalue weighted by Gasteiger charge is -2.18. The van der Waals surface area contributed by atoms with Crippen LogP contribution in [0.3, 0.4) is 0 Å². The van der Waals surface area contributed by atoms with Gasteiger partial charge in [-0.2, -0.15) is 4.31 Å². The first-order valence-electron chi connectivity index (χ1n) is 6.30. The van der Waals surface area contributed by atoms with Crippen molar-refractivity contribution in [2.75, 3.05) is 13.6 Å². The summed E-state index contributed by atoms with van der Waals surface area (Å²) >= 11 is 4.81. The van der Waals surface area contributed by atoms with Crippen LogP contribution in [0.25, 0.3) is 0 Å². The number of carbonyl (C=O) groups is 1. The van der Waals surface area contributed by atoms with E-state index >= 15 is 0 Å². The molecule has 6 nitrogen and oxygen atoms in total. The van der Waals surface area contributed by atoms with Gasteiger partial charge in [-0.15, -0.1) is 0 Å². The molecular weight excluding hydrogens is 310 g/mol. The Kier molecular flexibility index (Phi) is 5.82.